The molecule has 0 aliphatic rings. The van der Waals surface area contributed by atoms with Gasteiger partial charge in [-0.3, -0.25) is 0 Å². The summed E-state index contributed by atoms with van der Waals surface area (Å²) in [5, 5.41) is 6.87. The van der Waals surface area contributed by atoms with Crippen LogP contribution in [0.2, 0.25) is 0 Å². The van der Waals surface area contributed by atoms with Gasteiger partial charge in [0, 0.05) is 13.2 Å². The highest BCUT2D eigenvalue weighted by Gasteiger charge is 2.00. The van der Waals surface area contributed by atoms with Crippen LogP contribution >= 0.6 is 0 Å². The number of nitrogens with zero attached hydrogens (tertiary/aromatic N) is 2. The minimum atomic E-state index is 0.609. The molecule has 1 N–H and O–H groups in total. The zero-order valence-corrected chi connectivity index (χ0v) is 9.45. The van der Waals surface area contributed by atoms with E-state index < -0.39 is 0 Å². The van der Waals surface area contributed by atoms with Crippen LogP contribution in [0.15, 0.2) is 4.52 Å². The lowest BCUT2D eigenvalue weighted by atomic mass is 10.4. The Labute approximate surface area is 90.2 Å². The molecule has 0 atom stereocenters. The first-order valence-electron chi connectivity index (χ1n) is 5.40. The number of unbranched alkanes of at least 4 members (excludes halogenated alkanes) is 1. The van der Waals surface area contributed by atoms with Crippen molar-refractivity contribution in [2.75, 3.05) is 19.8 Å². The molecule has 0 aromatic carbocycles. The van der Waals surface area contributed by atoms with E-state index in [0.717, 1.165) is 26.2 Å². The first-order valence-corrected chi connectivity index (χ1v) is 5.40. The molecule has 0 fully saturated rings. The molecule has 1 aromatic rings. The van der Waals surface area contributed by atoms with Gasteiger partial charge in [-0.2, -0.15) is 4.98 Å². The van der Waals surface area contributed by atoms with Crippen LogP contribution in [-0.2, 0) is 11.3 Å². The molecule has 1 rings (SSSR count). The van der Waals surface area contributed by atoms with E-state index >= 15 is 0 Å². The number of ether oxygens (including phenoxy) is 1. The Balaban J connectivity index is 1.93. The Morgan fingerprint density at radius 2 is 2.27 bits per heavy atom. The van der Waals surface area contributed by atoms with Gasteiger partial charge >= 0.3 is 0 Å². The maximum absolute atomic E-state index is 5.39. The Bertz CT molecular complexity index is 263. The van der Waals surface area contributed by atoms with E-state index in [1.54, 1.807) is 6.92 Å². The Morgan fingerprint density at radius 3 is 2.93 bits per heavy atom. The monoisotopic (exact) mass is 213 g/mol. The van der Waals surface area contributed by atoms with Crippen molar-refractivity contribution in [3.8, 4) is 0 Å². The SMILES string of the molecule is CCCCOCCNCc1nc(C)no1. The van der Waals surface area contributed by atoms with Crippen LogP contribution in [0.1, 0.15) is 31.5 Å². The highest BCUT2D eigenvalue weighted by molar-refractivity contribution is 4.81. The van der Waals surface area contributed by atoms with Gasteiger partial charge in [0.2, 0.25) is 5.89 Å². The van der Waals surface area contributed by atoms with Gasteiger partial charge in [0.05, 0.1) is 13.2 Å². The predicted molar refractivity (Wildman–Crippen MR) is 56.5 cm³/mol. The summed E-state index contributed by atoms with van der Waals surface area (Å²) in [5.41, 5.74) is 0. The summed E-state index contributed by atoms with van der Waals surface area (Å²) in [7, 11) is 0. The second-order valence-corrected chi connectivity index (χ2v) is 3.38. The van der Waals surface area contributed by atoms with Gasteiger partial charge in [0.25, 0.3) is 0 Å². The Kier molecular flexibility index (Phi) is 5.96. The molecule has 86 valence electrons. The van der Waals surface area contributed by atoms with Crippen LogP contribution in [0.3, 0.4) is 0 Å². The number of aromatic nitrogens is 2. The molecule has 5 heteroatoms. The molecule has 0 amide bonds. The predicted octanol–water partition coefficient (Wildman–Crippen LogP) is 1.28. The van der Waals surface area contributed by atoms with Gasteiger partial charge in [-0.25, -0.2) is 0 Å². The second-order valence-electron chi connectivity index (χ2n) is 3.38. The molecule has 15 heavy (non-hydrogen) atoms. The Hall–Kier alpha value is -0.940. The molecule has 0 aliphatic carbocycles. The summed E-state index contributed by atoms with van der Waals surface area (Å²) >= 11 is 0. The number of aryl methyl sites for hydroxylation is 1. The third-order valence-electron chi connectivity index (χ3n) is 1.91. The maximum atomic E-state index is 5.39. The third-order valence-corrected chi connectivity index (χ3v) is 1.91. The lowest BCUT2D eigenvalue weighted by molar-refractivity contribution is 0.132. The molecular weight excluding hydrogens is 194 g/mol. The molecule has 1 aromatic heterocycles. The van der Waals surface area contributed by atoms with Crippen molar-refractivity contribution in [2.24, 2.45) is 0 Å². The fraction of sp³-hybridized carbons (Fsp3) is 0.800. The number of nitrogens with one attached hydrogen (secondary N) is 1. The van der Waals surface area contributed by atoms with Crippen molar-refractivity contribution in [1.29, 1.82) is 0 Å². The van der Waals surface area contributed by atoms with Gasteiger partial charge < -0.3 is 14.6 Å². The van der Waals surface area contributed by atoms with Gasteiger partial charge in [-0.15, -0.1) is 0 Å². The van der Waals surface area contributed by atoms with E-state index in [-0.39, 0.29) is 0 Å². The summed E-state index contributed by atoms with van der Waals surface area (Å²) in [4.78, 5) is 4.08. The third kappa shape index (κ3) is 5.49. The van der Waals surface area contributed by atoms with Crippen LogP contribution in [0, 0.1) is 6.92 Å². The molecular formula is C10H19N3O2. The van der Waals surface area contributed by atoms with E-state index in [9.17, 15) is 0 Å². The lowest BCUT2D eigenvalue weighted by Crippen LogP contribution is -2.19. The average Bonchev–Trinajstić information content (AvgIpc) is 2.63. The number of rotatable bonds is 8. The summed E-state index contributed by atoms with van der Waals surface area (Å²) in [6, 6.07) is 0. The number of hydrogen-bond donors (Lipinski definition) is 1. The zero-order chi connectivity index (χ0) is 10.9. The fourth-order valence-electron chi connectivity index (χ4n) is 1.10. The quantitative estimate of drug-likeness (QED) is 0.659. The van der Waals surface area contributed by atoms with Crippen LogP contribution in [-0.4, -0.2) is 29.9 Å². The largest absolute Gasteiger partial charge is 0.380 e. The topological polar surface area (TPSA) is 60.2 Å². The van der Waals surface area contributed by atoms with Crippen LogP contribution < -0.4 is 5.32 Å². The summed E-state index contributed by atoms with van der Waals surface area (Å²) in [6.07, 6.45) is 2.30. The highest BCUT2D eigenvalue weighted by Crippen LogP contribution is 1.94. The highest BCUT2D eigenvalue weighted by atomic mass is 16.5. The lowest BCUT2D eigenvalue weighted by Gasteiger charge is -2.03. The molecule has 1 heterocycles. The normalized spacial score (nSPS) is 10.8. The average molecular weight is 213 g/mol. The first kappa shape index (κ1) is 12.1. The van der Waals surface area contributed by atoms with Crippen molar-refractivity contribution in [3.63, 3.8) is 0 Å². The minimum absolute atomic E-state index is 0.609. The van der Waals surface area contributed by atoms with Gasteiger partial charge in [0.15, 0.2) is 5.82 Å². The maximum Gasteiger partial charge on any atom is 0.240 e. The van der Waals surface area contributed by atoms with Crippen molar-refractivity contribution in [2.45, 2.75) is 33.2 Å². The van der Waals surface area contributed by atoms with Crippen LogP contribution in [0.5, 0.6) is 0 Å². The molecule has 0 unspecified atom stereocenters. The van der Waals surface area contributed by atoms with Crippen LogP contribution in [0.4, 0.5) is 0 Å². The van der Waals surface area contributed by atoms with E-state index in [1.165, 1.54) is 6.42 Å². The molecule has 0 bridgehead atoms. The van der Waals surface area contributed by atoms with Crippen molar-refractivity contribution in [1.82, 2.24) is 15.5 Å². The van der Waals surface area contributed by atoms with E-state index in [4.69, 9.17) is 9.26 Å². The fourth-order valence-corrected chi connectivity index (χ4v) is 1.10. The molecule has 5 nitrogen and oxygen atoms in total. The molecule has 0 aliphatic heterocycles. The first-order chi connectivity index (χ1) is 7.33. The van der Waals surface area contributed by atoms with E-state index in [2.05, 4.69) is 22.4 Å². The van der Waals surface area contributed by atoms with Crippen molar-refractivity contribution < 1.29 is 9.26 Å². The number of hydrogen-bond acceptors (Lipinski definition) is 5. The molecule has 0 saturated carbocycles. The zero-order valence-electron chi connectivity index (χ0n) is 9.45. The minimum Gasteiger partial charge on any atom is -0.380 e. The van der Waals surface area contributed by atoms with E-state index in [1.807, 2.05) is 0 Å². The summed E-state index contributed by atoms with van der Waals surface area (Å²) < 4.78 is 10.3. The molecule has 0 spiro atoms. The smallest absolute Gasteiger partial charge is 0.240 e. The van der Waals surface area contributed by atoms with Gasteiger partial charge in [0.1, 0.15) is 0 Å². The summed E-state index contributed by atoms with van der Waals surface area (Å²) in [5.74, 6) is 1.30. The molecule has 0 saturated heterocycles. The summed E-state index contributed by atoms with van der Waals surface area (Å²) in [6.45, 7) is 6.95. The Morgan fingerprint density at radius 1 is 1.40 bits per heavy atom. The van der Waals surface area contributed by atoms with Crippen molar-refractivity contribution in [3.05, 3.63) is 11.7 Å². The van der Waals surface area contributed by atoms with Gasteiger partial charge in [-0.05, 0) is 13.3 Å². The standard InChI is InChI=1S/C10H19N3O2/c1-3-4-6-14-7-5-11-8-10-12-9(2)13-15-10/h11H,3-8H2,1-2H3. The molecule has 0 radical (unpaired) electrons. The van der Waals surface area contributed by atoms with Crippen LogP contribution in [0.25, 0.3) is 0 Å². The van der Waals surface area contributed by atoms with Gasteiger partial charge in [-0.1, -0.05) is 18.5 Å². The second kappa shape index (κ2) is 7.36. The van der Waals surface area contributed by atoms with E-state index in [0.29, 0.717) is 18.3 Å². The van der Waals surface area contributed by atoms with Crippen molar-refractivity contribution >= 4 is 0 Å².